The van der Waals surface area contributed by atoms with Gasteiger partial charge in [-0.1, -0.05) is 37.0 Å². The predicted molar refractivity (Wildman–Crippen MR) is 106 cm³/mol. The molecular formula is C22H36N2O. The molecule has 3 nitrogen and oxygen atoms in total. The Morgan fingerprint density at radius 2 is 1.72 bits per heavy atom. The Morgan fingerprint density at radius 1 is 1.04 bits per heavy atom. The number of aliphatic hydroxyl groups is 1. The van der Waals surface area contributed by atoms with Crippen molar-refractivity contribution in [1.82, 2.24) is 4.90 Å². The first kappa shape index (κ1) is 18.7. The highest BCUT2D eigenvalue weighted by atomic mass is 16.3. The van der Waals surface area contributed by atoms with Crippen LogP contribution in [0.1, 0.15) is 63.4 Å². The fourth-order valence-corrected chi connectivity index (χ4v) is 4.75. The second-order valence-electron chi connectivity index (χ2n) is 8.41. The molecule has 1 saturated heterocycles. The van der Waals surface area contributed by atoms with Crippen LogP contribution in [0.4, 0.5) is 5.69 Å². The first-order valence-corrected chi connectivity index (χ1v) is 10.4. The molecule has 3 rings (SSSR count). The molecule has 2 N–H and O–H groups in total. The molecule has 0 amide bonds. The zero-order valence-corrected chi connectivity index (χ0v) is 16.0. The van der Waals surface area contributed by atoms with Crippen molar-refractivity contribution >= 4 is 5.69 Å². The van der Waals surface area contributed by atoms with Crippen LogP contribution in [0, 0.1) is 12.3 Å². The van der Waals surface area contributed by atoms with Gasteiger partial charge in [-0.2, -0.15) is 0 Å². The fourth-order valence-electron chi connectivity index (χ4n) is 4.75. The van der Waals surface area contributed by atoms with Gasteiger partial charge in [0.15, 0.2) is 0 Å². The third kappa shape index (κ3) is 5.46. The molecule has 1 aromatic carbocycles. The Bertz CT molecular complexity index is 494. The lowest BCUT2D eigenvalue weighted by Crippen LogP contribution is -2.41. The molecule has 0 bridgehead atoms. The maximum atomic E-state index is 9.49. The molecule has 1 saturated carbocycles. The summed E-state index contributed by atoms with van der Waals surface area (Å²) in [6.07, 6.45) is 11.6. The minimum absolute atomic E-state index is 0.364. The monoisotopic (exact) mass is 344 g/mol. The molecule has 1 aliphatic carbocycles. The molecule has 1 aromatic rings. The van der Waals surface area contributed by atoms with Gasteiger partial charge in [0.05, 0.1) is 0 Å². The van der Waals surface area contributed by atoms with Gasteiger partial charge in [-0.25, -0.2) is 0 Å². The van der Waals surface area contributed by atoms with Gasteiger partial charge in [0.1, 0.15) is 0 Å². The normalized spacial score (nSPS) is 22.0. The lowest BCUT2D eigenvalue weighted by molar-refractivity contribution is 0.0941. The molecule has 2 aliphatic rings. The molecule has 1 aliphatic heterocycles. The molecule has 25 heavy (non-hydrogen) atoms. The van der Waals surface area contributed by atoms with E-state index in [4.69, 9.17) is 0 Å². The van der Waals surface area contributed by atoms with Crippen LogP contribution < -0.4 is 5.32 Å². The van der Waals surface area contributed by atoms with Crippen molar-refractivity contribution in [3.05, 3.63) is 29.8 Å². The van der Waals surface area contributed by atoms with E-state index in [1.807, 2.05) is 0 Å². The Labute approximate surface area is 153 Å². The highest BCUT2D eigenvalue weighted by molar-refractivity contribution is 5.45. The first-order chi connectivity index (χ1) is 12.2. The van der Waals surface area contributed by atoms with E-state index in [1.54, 1.807) is 0 Å². The highest BCUT2D eigenvalue weighted by Gasteiger charge is 2.32. The third-order valence-corrected chi connectivity index (χ3v) is 6.52. The summed E-state index contributed by atoms with van der Waals surface area (Å²) in [5, 5.41) is 13.2. The summed E-state index contributed by atoms with van der Waals surface area (Å²) in [4.78, 5) is 2.65. The summed E-state index contributed by atoms with van der Waals surface area (Å²) in [6, 6.07) is 9.37. The number of nitrogens with one attached hydrogen (secondary N) is 1. The van der Waals surface area contributed by atoms with E-state index in [0.717, 1.165) is 6.42 Å². The van der Waals surface area contributed by atoms with Gasteiger partial charge in [0.2, 0.25) is 0 Å². The van der Waals surface area contributed by atoms with Crippen LogP contribution in [0.2, 0.25) is 0 Å². The largest absolute Gasteiger partial charge is 0.396 e. The standard InChI is InChI=1S/C22H36N2O/c1-19-5-7-20(8-6-19)23-21-9-15-24(16-10-21)17-13-22(14-18-25)11-3-2-4-12-22/h5-8,21,23,25H,2-4,9-18H2,1H3. The van der Waals surface area contributed by atoms with E-state index in [1.165, 1.54) is 82.3 Å². The fraction of sp³-hybridized carbons (Fsp3) is 0.727. The molecular weight excluding hydrogens is 308 g/mol. The number of likely N-dealkylation sites (tertiary alicyclic amines) is 1. The number of hydrogen-bond acceptors (Lipinski definition) is 3. The SMILES string of the molecule is Cc1ccc(NC2CCN(CCC3(CCO)CCCCC3)CC2)cc1. The van der Waals surface area contributed by atoms with E-state index in [2.05, 4.69) is 41.4 Å². The summed E-state index contributed by atoms with van der Waals surface area (Å²) in [5.41, 5.74) is 3.01. The molecule has 2 fully saturated rings. The second-order valence-corrected chi connectivity index (χ2v) is 8.41. The summed E-state index contributed by atoms with van der Waals surface area (Å²) in [7, 11) is 0. The number of piperidine rings is 1. The van der Waals surface area contributed by atoms with Crippen LogP contribution in [-0.4, -0.2) is 42.3 Å². The number of aryl methyl sites for hydroxylation is 1. The molecule has 0 unspecified atom stereocenters. The van der Waals surface area contributed by atoms with Crippen LogP contribution in [-0.2, 0) is 0 Å². The lowest BCUT2D eigenvalue weighted by atomic mass is 9.69. The van der Waals surface area contributed by atoms with Crippen molar-refractivity contribution in [2.75, 3.05) is 31.6 Å². The quantitative estimate of drug-likeness (QED) is 0.759. The van der Waals surface area contributed by atoms with E-state index in [9.17, 15) is 5.11 Å². The number of aliphatic hydroxyl groups excluding tert-OH is 1. The maximum absolute atomic E-state index is 9.49. The number of rotatable bonds is 7. The number of anilines is 1. The van der Waals surface area contributed by atoms with E-state index < -0.39 is 0 Å². The van der Waals surface area contributed by atoms with Gasteiger partial charge in [-0.15, -0.1) is 0 Å². The smallest absolute Gasteiger partial charge is 0.0436 e. The Hall–Kier alpha value is -1.06. The topological polar surface area (TPSA) is 35.5 Å². The number of nitrogens with zero attached hydrogens (tertiary/aromatic N) is 1. The van der Waals surface area contributed by atoms with Gasteiger partial charge in [-0.3, -0.25) is 0 Å². The van der Waals surface area contributed by atoms with Crippen molar-refractivity contribution in [3.8, 4) is 0 Å². The lowest BCUT2D eigenvalue weighted by Gasteiger charge is -2.40. The van der Waals surface area contributed by atoms with E-state index >= 15 is 0 Å². The van der Waals surface area contributed by atoms with Gasteiger partial charge in [-0.05, 0) is 69.5 Å². The predicted octanol–water partition coefficient (Wildman–Crippen LogP) is 4.59. The van der Waals surface area contributed by atoms with Crippen molar-refractivity contribution < 1.29 is 5.11 Å². The Kier molecular flexibility index (Phi) is 6.77. The van der Waals surface area contributed by atoms with Crippen molar-refractivity contribution in [3.63, 3.8) is 0 Å². The zero-order valence-electron chi connectivity index (χ0n) is 16.0. The Morgan fingerprint density at radius 3 is 2.36 bits per heavy atom. The third-order valence-electron chi connectivity index (χ3n) is 6.52. The van der Waals surface area contributed by atoms with Crippen LogP contribution in [0.15, 0.2) is 24.3 Å². The van der Waals surface area contributed by atoms with Gasteiger partial charge in [0, 0.05) is 31.4 Å². The molecule has 0 radical (unpaired) electrons. The van der Waals surface area contributed by atoms with Gasteiger partial charge in [0.25, 0.3) is 0 Å². The van der Waals surface area contributed by atoms with Crippen molar-refractivity contribution in [2.45, 2.75) is 70.8 Å². The van der Waals surface area contributed by atoms with Gasteiger partial charge >= 0.3 is 0 Å². The van der Waals surface area contributed by atoms with Crippen LogP contribution in [0.3, 0.4) is 0 Å². The van der Waals surface area contributed by atoms with Crippen LogP contribution in [0.5, 0.6) is 0 Å². The number of benzene rings is 1. The molecule has 0 aromatic heterocycles. The Balaban J connectivity index is 1.42. The summed E-state index contributed by atoms with van der Waals surface area (Å²) in [5.74, 6) is 0. The van der Waals surface area contributed by atoms with E-state index in [-0.39, 0.29) is 0 Å². The molecule has 0 spiro atoms. The van der Waals surface area contributed by atoms with Gasteiger partial charge < -0.3 is 15.3 Å². The second kappa shape index (κ2) is 9.05. The number of hydrogen-bond donors (Lipinski definition) is 2. The minimum atomic E-state index is 0.364. The van der Waals surface area contributed by atoms with Crippen molar-refractivity contribution in [1.29, 1.82) is 0 Å². The summed E-state index contributed by atoms with van der Waals surface area (Å²) >= 11 is 0. The maximum Gasteiger partial charge on any atom is 0.0436 e. The molecule has 3 heteroatoms. The van der Waals surface area contributed by atoms with Crippen molar-refractivity contribution in [2.24, 2.45) is 5.41 Å². The summed E-state index contributed by atoms with van der Waals surface area (Å²) in [6.45, 7) is 6.13. The first-order valence-electron chi connectivity index (χ1n) is 10.4. The average Bonchev–Trinajstić information content (AvgIpc) is 2.64. The molecule has 0 atom stereocenters. The zero-order chi connectivity index (χ0) is 17.5. The van der Waals surface area contributed by atoms with Crippen LogP contribution in [0.25, 0.3) is 0 Å². The summed E-state index contributed by atoms with van der Waals surface area (Å²) < 4.78 is 0. The highest BCUT2D eigenvalue weighted by Crippen LogP contribution is 2.42. The average molecular weight is 345 g/mol. The van der Waals surface area contributed by atoms with Crippen LogP contribution >= 0.6 is 0 Å². The minimum Gasteiger partial charge on any atom is -0.396 e. The van der Waals surface area contributed by atoms with E-state index in [0.29, 0.717) is 18.1 Å². The molecule has 1 heterocycles. The molecule has 140 valence electrons.